The molecular weight excluding hydrogens is 511 g/mol. The van der Waals surface area contributed by atoms with E-state index in [4.69, 9.17) is 9.47 Å². The molecule has 3 nitrogen and oxygen atoms in total. The van der Waals surface area contributed by atoms with Crippen LogP contribution in [0.25, 0.3) is 11.1 Å². The van der Waals surface area contributed by atoms with E-state index in [0.29, 0.717) is 0 Å². The molecule has 4 bridgehead atoms. The van der Waals surface area contributed by atoms with Crippen LogP contribution in [-0.4, -0.2) is 14.2 Å². The zero-order chi connectivity index (χ0) is 27.5. The molecule has 4 heteroatoms. The molecule has 0 fully saturated rings. The molecule has 0 aromatic heterocycles. The van der Waals surface area contributed by atoms with E-state index >= 15 is 4.57 Å². The highest BCUT2D eigenvalue weighted by atomic mass is 31.2. The number of benzene rings is 5. The molecule has 0 saturated carbocycles. The smallest absolute Gasteiger partial charge is 0.171 e. The molecule has 4 aliphatic rings. The van der Waals surface area contributed by atoms with E-state index in [1.54, 1.807) is 14.2 Å². The van der Waals surface area contributed by atoms with Gasteiger partial charge >= 0.3 is 0 Å². The molecule has 0 unspecified atom stereocenters. The SMILES string of the molecule is COc1cc(OC)cc(-c2cc3ccc2CCc2ccc(c(P(=O)(c4ccccc4)c4ccccc4)c2)CC3)c1. The first-order chi connectivity index (χ1) is 19.6. The molecule has 0 N–H and O–H groups in total. The van der Waals surface area contributed by atoms with Gasteiger partial charge in [-0.3, -0.25) is 0 Å². The summed E-state index contributed by atoms with van der Waals surface area (Å²) < 4.78 is 26.4. The molecule has 5 aromatic rings. The third-order valence-electron chi connectivity index (χ3n) is 7.93. The van der Waals surface area contributed by atoms with E-state index in [0.717, 1.165) is 64.2 Å². The van der Waals surface area contributed by atoms with E-state index in [-0.39, 0.29) is 0 Å². The normalized spacial score (nSPS) is 12.9. The van der Waals surface area contributed by atoms with Crippen molar-refractivity contribution in [2.45, 2.75) is 25.7 Å². The summed E-state index contributed by atoms with van der Waals surface area (Å²) in [6.07, 6.45) is 3.38. The maximum absolute atomic E-state index is 15.3. The van der Waals surface area contributed by atoms with Gasteiger partial charge in [0.15, 0.2) is 7.14 Å². The largest absolute Gasteiger partial charge is 0.497 e. The summed E-state index contributed by atoms with van der Waals surface area (Å²) in [6.45, 7) is 0. The fourth-order valence-electron chi connectivity index (χ4n) is 5.76. The zero-order valence-electron chi connectivity index (χ0n) is 23.0. The maximum Gasteiger partial charge on any atom is 0.171 e. The van der Waals surface area contributed by atoms with Crippen LogP contribution in [0.15, 0.2) is 115 Å². The van der Waals surface area contributed by atoms with Crippen LogP contribution in [0.1, 0.15) is 22.3 Å². The van der Waals surface area contributed by atoms with Gasteiger partial charge in [-0.05, 0) is 77.3 Å². The second-order valence-corrected chi connectivity index (χ2v) is 13.1. The summed E-state index contributed by atoms with van der Waals surface area (Å²) in [6, 6.07) is 39.5. The molecule has 40 heavy (non-hydrogen) atoms. The van der Waals surface area contributed by atoms with Crippen molar-refractivity contribution in [3.05, 3.63) is 138 Å². The summed E-state index contributed by atoms with van der Waals surface area (Å²) in [5.41, 5.74) is 7.19. The van der Waals surface area contributed by atoms with E-state index in [1.807, 2.05) is 66.7 Å². The predicted molar refractivity (Wildman–Crippen MR) is 166 cm³/mol. The van der Waals surface area contributed by atoms with Gasteiger partial charge in [0, 0.05) is 22.0 Å². The highest BCUT2D eigenvalue weighted by Gasteiger charge is 2.32. The number of ether oxygens (including phenoxy) is 2. The monoisotopic (exact) mass is 544 g/mol. The minimum Gasteiger partial charge on any atom is -0.497 e. The number of hydrogen-bond acceptors (Lipinski definition) is 3. The molecule has 0 saturated heterocycles. The molecule has 4 aliphatic carbocycles. The predicted octanol–water partition coefficient (Wildman–Crippen LogP) is 6.89. The van der Waals surface area contributed by atoms with E-state index in [9.17, 15) is 0 Å². The van der Waals surface area contributed by atoms with Crippen LogP contribution >= 0.6 is 7.14 Å². The van der Waals surface area contributed by atoms with Gasteiger partial charge in [-0.2, -0.15) is 0 Å². The lowest BCUT2D eigenvalue weighted by atomic mass is 9.90. The van der Waals surface area contributed by atoms with Gasteiger partial charge in [0.1, 0.15) is 11.5 Å². The minimum atomic E-state index is -3.07. The summed E-state index contributed by atoms with van der Waals surface area (Å²) in [5.74, 6) is 1.56. The van der Waals surface area contributed by atoms with Crippen molar-refractivity contribution < 1.29 is 14.0 Å². The molecule has 0 heterocycles. The lowest BCUT2D eigenvalue weighted by Gasteiger charge is -2.24. The zero-order valence-corrected chi connectivity index (χ0v) is 23.9. The quantitative estimate of drug-likeness (QED) is 0.218. The van der Waals surface area contributed by atoms with Gasteiger partial charge in [-0.15, -0.1) is 0 Å². The highest BCUT2D eigenvalue weighted by molar-refractivity contribution is 7.85. The van der Waals surface area contributed by atoms with Crippen molar-refractivity contribution in [2.75, 3.05) is 14.2 Å². The lowest BCUT2D eigenvalue weighted by Crippen LogP contribution is -2.28. The van der Waals surface area contributed by atoms with Crippen LogP contribution in [-0.2, 0) is 30.2 Å². The average molecular weight is 545 g/mol. The Morgan fingerprint density at radius 1 is 0.550 bits per heavy atom. The highest BCUT2D eigenvalue weighted by Crippen LogP contribution is 2.44. The number of methoxy groups -OCH3 is 2. The topological polar surface area (TPSA) is 35.5 Å². The molecular formula is C36H33O3P. The van der Waals surface area contributed by atoms with E-state index in [1.165, 1.54) is 22.3 Å². The van der Waals surface area contributed by atoms with Crippen LogP contribution in [0, 0.1) is 0 Å². The van der Waals surface area contributed by atoms with Crippen LogP contribution in [0.5, 0.6) is 11.5 Å². The minimum absolute atomic E-state index is 0.781. The lowest BCUT2D eigenvalue weighted by molar-refractivity contribution is 0.394. The molecule has 9 rings (SSSR count). The Labute approximate surface area is 236 Å². The Morgan fingerprint density at radius 2 is 1.07 bits per heavy atom. The molecule has 0 aliphatic heterocycles. The first-order valence-electron chi connectivity index (χ1n) is 13.8. The van der Waals surface area contributed by atoms with E-state index in [2.05, 4.69) is 48.5 Å². The van der Waals surface area contributed by atoms with Crippen molar-refractivity contribution in [3.8, 4) is 22.6 Å². The van der Waals surface area contributed by atoms with Gasteiger partial charge in [0.05, 0.1) is 14.2 Å². The van der Waals surface area contributed by atoms with Crippen LogP contribution < -0.4 is 25.4 Å². The fourth-order valence-corrected chi connectivity index (χ4v) is 8.74. The van der Waals surface area contributed by atoms with Crippen LogP contribution in [0.2, 0.25) is 0 Å². The third kappa shape index (κ3) is 4.98. The maximum atomic E-state index is 15.3. The number of rotatable bonds is 6. The molecule has 0 atom stereocenters. The van der Waals surface area contributed by atoms with Crippen LogP contribution in [0.4, 0.5) is 0 Å². The first kappa shape index (κ1) is 26.2. The van der Waals surface area contributed by atoms with Gasteiger partial charge in [-0.25, -0.2) is 0 Å². The molecule has 0 spiro atoms. The van der Waals surface area contributed by atoms with Crippen molar-refractivity contribution >= 4 is 23.1 Å². The molecule has 200 valence electrons. The molecule has 5 aromatic carbocycles. The molecule has 0 amide bonds. The average Bonchev–Trinajstić information content (AvgIpc) is 3.02. The van der Waals surface area contributed by atoms with Crippen molar-refractivity contribution in [1.29, 1.82) is 0 Å². The Morgan fingerprint density at radius 3 is 1.65 bits per heavy atom. The van der Waals surface area contributed by atoms with Crippen LogP contribution in [0.3, 0.4) is 0 Å². The number of hydrogen-bond donors (Lipinski definition) is 0. The van der Waals surface area contributed by atoms with Gasteiger partial charge in [0.2, 0.25) is 0 Å². The third-order valence-corrected chi connectivity index (χ3v) is 11.1. The van der Waals surface area contributed by atoms with Crippen molar-refractivity contribution in [2.24, 2.45) is 0 Å². The van der Waals surface area contributed by atoms with Crippen molar-refractivity contribution in [3.63, 3.8) is 0 Å². The van der Waals surface area contributed by atoms with Crippen molar-refractivity contribution in [1.82, 2.24) is 0 Å². The van der Waals surface area contributed by atoms with Gasteiger partial charge < -0.3 is 14.0 Å². The standard InChI is InChI=1S/C36H33O3P/c1-38-31-23-30(24-32(25-31)39-2)35-21-26-13-17-28(35)18-14-27-16-20-29(19-15-26)36(22-27)40(37,33-9-5-3-6-10-33)34-11-7-4-8-12-34/h3-13,16-17,20-25H,14-15,18-19H2,1-2H3. The van der Waals surface area contributed by atoms with E-state index < -0.39 is 7.14 Å². The van der Waals surface area contributed by atoms with Gasteiger partial charge in [0.25, 0.3) is 0 Å². The fraction of sp³-hybridized carbons (Fsp3) is 0.167. The summed E-state index contributed by atoms with van der Waals surface area (Å²) in [5, 5.41) is 2.73. The number of aryl methyl sites for hydroxylation is 4. The molecule has 0 radical (unpaired) electrons. The second kappa shape index (κ2) is 11.2. The Balaban J connectivity index is 1.46. The summed E-state index contributed by atoms with van der Waals surface area (Å²) in [7, 11) is 0.306. The first-order valence-corrected chi connectivity index (χ1v) is 15.5. The second-order valence-electron chi connectivity index (χ2n) is 10.3. The Hall–Kier alpha value is -4.07. The summed E-state index contributed by atoms with van der Waals surface area (Å²) >= 11 is 0. The Bertz CT molecular complexity index is 1630. The van der Waals surface area contributed by atoms with Gasteiger partial charge in [-0.1, -0.05) is 91.0 Å². The Kier molecular flexibility index (Phi) is 7.32. The summed E-state index contributed by atoms with van der Waals surface area (Å²) in [4.78, 5) is 0.